The van der Waals surface area contributed by atoms with Crippen molar-refractivity contribution < 1.29 is 0 Å². The molecule has 18 heavy (non-hydrogen) atoms. The van der Waals surface area contributed by atoms with Gasteiger partial charge in [-0.15, -0.1) is 10.2 Å². The molecule has 0 spiro atoms. The van der Waals surface area contributed by atoms with Crippen LogP contribution in [0.3, 0.4) is 0 Å². The standard InChI is InChI=1S/C14H18N4/c1-2-12-5-6-13(18-10-15-16-11-18)9-14(12)17-7-3-4-8-17/h5-6,9-11H,2-4,7-8H2,1H3. The highest BCUT2D eigenvalue weighted by Gasteiger charge is 2.15. The Morgan fingerprint density at radius 1 is 1.11 bits per heavy atom. The number of nitrogens with zero attached hydrogens (tertiary/aromatic N) is 4. The van der Waals surface area contributed by atoms with Crippen molar-refractivity contribution in [1.82, 2.24) is 14.8 Å². The number of aromatic nitrogens is 3. The molecule has 0 aliphatic carbocycles. The minimum absolute atomic E-state index is 1.08. The molecule has 1 saturated heterocycles. The number of benzene rings is 1. The summed E-state index contributed by atoms with van der Waals surface area (Å²) >= 11 is 0. The Morgan fingerprint density at radius 3 is 2.50 bits per heavy atom. The molecule has 2 heterocycles. The molecule has 4 heteroatoms. The Kier molecular flexibility index (Phi) is 3.00. The Hall–Kier alpha value is -1.84. The van der Waals surface area contributed by atoms with Crippen LogP contribution in [-0.2, 0) is 6.42 Å². The van der Waals surface area contributed by atoms with Gasteiger partial charge in [0.2, 0.25) is 0 Å². The van der Waals surface area contributed by atoms with E-state index >= 15 is 0 Å². The van der Waals surface area contributed by atoms with Gasteiger partial charge < -0.3 is 4.90 Å². The second-order valence-corrected chi connectivity index (χ2v) is 4.73. The molecule has 4 nitrogen and oxygen atoms in total. The zero-order chi connectivity index (χ0) is 12.4. The van der Waals surface area contributed by atoms with Gasteiger partial charge in [-0.25, -0.2) is 0 Å². The average Bonchev–Trinajstić information content (AvgIpc) is 3.11. The molecule has 0 N–H and O–H groups in total. The molecule has 0 radical (unpaired) electrons. The SMILES string of the molecule is CCc1ccc(-n2cnnc2)cc1N1CCCC1. The molecular formula is C14H18N4. The fraction of sp³-hybridized carbons (Fsp3) is 0.429. The third-order valence-electron chi connectivity index (χ3n) is 3.61. The van der Waals surface area contributed by atoms with Crippen molar-refractivity contribution in [2.45, 2.75) is 26.2 Å². The first-order chi connectivity index (χ1) is 8.88. The summed E-state index contributed by atoms with van der Waals surface area (Å²) in [7, 11) is 0. The van der Waals surface area contributed by atoms with Crippen molar-refractivity contribution >= 4 is 5.69 Å². The van der Waals surface area contributed by atoms with Gasteiger partial charge in [0.1, 0.15) is 12.7 Å². The van der Waals surface area contributed by atoms with Crippen molar-refractivity contribution in [1.29, 1.82) is 0 Å². The van der Waals surface area contributed by atoms with E-state index in [1.165, 1.54) is 37.2 Å². The molecule has 0 unspecified atom stereocenters. The van der Waals surface area contributed by atoms with Crippen LogP contribution in [0, 0.1) is 0 Å². The van der Waals surface area contributed by atoms with Gasteiger partial charge in [-0.05, 0) is 37.0 Å². The number of hydrogen-bond donors (Lipinski definition) is 0. The van der Waals surface area contributed by atoms with Crippen LogP contribution in [0.1, 0.15) is 25.3 Å². The van der Waals surface area contributed by atoms with Crippen LogP contribution >= 0.6 is 0 Å². The largest absolute Gasteiger partial charge is 0.371 e. The van der Waals surface area contributed by atoms with Crippen molar-refractivity contribution in [2.75, 3.05) is 18.0 Å². The van der Waals surface area contributed by atoms with E-state index in [9.17, 15) is 0 Å². The average molecular weight is 242 g/mol. The van der Waals surface area contributed by atoms with Crippen LogP contribution in [0.5, 0.6) is 0 Å². The van der Waals surface area contributed by atoms with Gasteiger partial charge in [0.15, 0.2) is 0 Å². The summed E-state index contributed by atoms with van der Waals surface area (Å²) in [5, 5.41) is 7.74. The quantitative estimate of drug-likeness (QED) is 0.829. The fourth-order valence-corrected chi connectivity index (χ4v) is 2.60. The lowest BCUT2D eigenvalue weighted by atomic mass is 10.1. The molecule has 1 aliphatic heterocycles. The highest BCUT2D eigenvalue weighted by atomic mass is 15.2. The highest BCUT2D eigenvalue weighted by molar-refractivity contribution is 5.59. The summed E-state index contributed by atoms with van der Waals surface area (Å²) < 4.78 is 1.96. The minimum Gasteiger partial charge on any atom is -0.371 e. The third kappa shape index (κ3) is 1.98. The predicted molar refractivity (Wildman–Crippen MR) is 72.2 cm³/mol. The lowest BCUT2D eigenvalue weighted by Crippen LogP contribution is -2.19. The second kappa shape index (κ2) is 4.80. The van der Waals surface area contributed by atoms with Gasteiger partial charge >= 0.3 is 0 Å². The maximum Gasteiger partial charge on any atom is 0.123 e. The normalized spacial score (nSPS) is 15.3. The maximum absolute atomic E-state index is 3.87. The Labute approximate surface area is 107 Å². The van der Waals surface area contributed by atoms with Crippen LogP contribution in [0.4, 0.5) is 5.69 Å². The van der Waals surface area contributed by atoms with Crippen molar-refractivity contribution in [3.8, 4) is 5.69 Å². The van der Waals surface area contributed by atoms with Crippen LogP contribution in [0.15, 0.2) is 30.9 Å². The van der Waals surface area contributed by atoms with Crippen molar-refractivity contribution in [3.05, 3.63) is 36.4 Å². The van der Waals surface area contributed by atoms with Gasteiger partial charge in [-0.2, -0.15) is 0 Å². The molecule has 0 atom stereocenters. The van der Waals surface area contributed by atoms with E-state index in [1.807, 2.05) is 4.57 Å². The van der Waals surface area contributed by atoms with E-state index in [2.05, 4.69) is 40.2 Å². The minimum atomic E-state index is 1.08. The first kappa shape index (κ1) is 11.3. The van der Waals surface area contributed by atoms with Crippen LogP contribution in [-0.4, -0.2) is 27.9 Å². The van der Waals surface area contributed by atoms with Crippen LogP contribution in [0.25, 0.3) is 5.69 Å². The molecule has 0 saturated carbocycles. The summed E-state index contributed by atoms with van der Waals surface area (Å²) in [6, 6.07) is 6.62. The first-order valence-electron chi connectivity index (χ1n) is 6.61. The monoisotopic (exact) mass is 242 g/mol. The topological polar surface area (TPSA) is 34.0 Å². The molecule has 1 fully saturated rings. The number of aryl methyl sites for hydroxylation is 1. The summed E-state index contributed by atoms with van der Waals surface area (Å²) in [5.74, 6) is 0. The van der Waals surface area contributed by atoms with E-state index < -0.39 is 0 Å². The summed E-state index contributed by atoms with van der Waals surface area (Å²) in [4.78, 5) is 2.49. The molecule has 2 aromatic rings. The number of hydrogen-bond acceptors (Lipinski definition) is 3. The van der Waals surface area contributed by atoms with E-state index in [0.717, 1.165) is 12.1 Å². The third-order valence-corrected chi connectivity index (χ3v) is 3.61. The van der Waals surface area contributed by atoms with E-state index in [1.54, 1.807) is 12.7 Å². The number of anilines is 1. The lowest BCUT2D eigenvalue weighted by Gasteiger charge is -2.22. The van der Waals surface area contributed by atoms with E-state index in [4.69, 9.17) is 0 Å². The Balaban J connectivity index is 2.01. The van der Waals surface area contributed by atoms with Gasteiger partial charge in [-0.3, -0.25) is 4.57 Å². The van der Waals surface area contributed by atoms with Crippen molar-refractivity contribution in [2.24, 2.45) is 0 Å². The van der Waals surface area contributed by atoms with Crippen LogP contribution in [0.2, 0.25) is 0 Å². The summed E-state index contributed by atoms with van der Waals surface area (Å²) in [5.41, 5.74) is 3.94. The lowest BCUT2D eigenvalue weighted by molar-refractivity contribution is 0.941. The fourth-order valence-electron chi connectivity index (χ4n) is 2.60. The van der Waals surface area contributed by atoms with Gasteiger partial charge in [0.05, 0.1) is 5.69 Å². The highest BCUT2D eigenvalue weighted by Crippen LogP contribution is 2.27. The zero-order valence-corrected chi connectivity index (χ0v) is 10.7. The number of rotatable bonds is 3. The Morgan fingerprint density at radius 2 is 1.83 bits per heavy atom. The van der Waals surface area contributed by atoms with Crippen molar-refractivity contribution in [3.63, 3.8) is 0 Å². The molecule has 3 rings (SSSR count). The van der Waals surface area contributed by atoms with Gasteiger partial charge in [-0.1, -0.05) is 13.0 Å². The smallest absolute Gasteiger partial charge is 0.123 e. The van der Waals surface area contributed by atoms with Gasteiger partial charge in [0, 0.05) is 18.8 Å². The molecular weight excluding hydrogens is 224 g/mol. The molecule has 1 aromatic carbocycles. The predicted octanol–water partition coefficient (Wildman–Crippen LogP) is 2.43. The molecule has 1 aromatic heterocycles. The Bertz CT molecular complexity index is 513. The summed E-state index contributed by atoms with van der Waals surface area (Å²) in [6.07, 6.45) is 7.18. The maximum atomic E-state index is 3.87. The molecule has 1 aliphatic rings. The summed E-state index contributed by atoms with van der Waals surface area (Å²) in [6.45, 7) is 4.57. The second-order valence-electron chi connectivity index (χ2n) is 4.73. The van der Waals surface area contributed by atoms with Crippen LogP contribution < -0.4 is 4.90 Å². The molecule has 94 valence electrons. The first-order valence-corrected chi connectivity index (χ1v) is 6.61. The van der Waals surface area contributed by atoms with Gasteiger partial charge in [0.25, 0.3) is 0 Å². The molecule has 0 amide bonds. The zero-order valence-electron chi connectivity index (χ0n) is 10.7. The van der Waals surface area contributed by atoms with E-state index in [0.29, 0.717) is 0 Å². The molecule has 0 bridgehead atoms. The van der Waals surface area contributed by atoms with E-state index in [-0.39, 0.29) is 0 Å².